The summed E-state index contributed by atoms with van der Waals surface area (Å²) in [6.07, 6.45) is 0. The van der Waals surface area contributed by atoms with Gasteiger partial charge >= 0.3 is 15.2 Å². The molecular weight excluding hydrogens is 70.0 g/mol. The molecule has 24 valence electrons. The SMILES string of the molecule is N#[N+]N=[N+]=N. The Kier molecular flexibility index (Phi) is 2.04. The average molecular weight is 71.0 g/mol. The van der Waals surface area contributed by atoms with E-state index in [0.29, 0.717) is 0 Å². The lowest BCUT2D eigenvalue weighted by Crippen LogP contribution is -1.39. The molecule has 0 atom stereocenters. The minimum Gasteiger partial charge on any atom is 0.110 e. The lowest BCUT2D eigenvalue weighted by molar-refractivity contribution is 0.970. The standard InChI is InChI=1S/HN5/c1-3-5-4-2/h1H/q+2. The first-order chi connectivity index (χ1) is 2.41. The molecule has 0 aliphatic carbocycles. The van der Waals surface area contributed by atoms with E-state index in [4.69, 9.17) is 10.9 Å². The van der Waals surface area contributed by atoms with Gasteiger partial charge in [0.15, 0.2) is 0 Å². The second-order valence-corrected chi connectivity index (χ2v) is 0.279. The van der Waals surface area contributed by atoms with Gasteiger partial charge in [0.2, 0.25) is 0 Å². The van der Waals surface area contributed by atoms with Crippen LogP contribution >= 0.6 is 0 Å². The van der Waals surface area contributed by atoms with Crippen LogP contribution in [0.3, 0.4) is 0 Å². The number of nitrogens with zero attached hydrogens (tertiary/aromatic N) is 4. The van der Waals surface area contributed by atoms with Gasteiger partial charge in [-0.25, -0.2) is 0 Å². The van der Waals surface area contributed by atoms with Crippen molar-refractivity contribution in [3.8, 4) is 0 Å². The quantitative estimate of drug-likeness (QED) is 0.189. The second kappa shape index (κ2) is 2.73. The van der Waals surface area contributed by atoms with E-state index in [1.165, 1.54) is 0 Å². The zero-order valence-corrected chi connectivity index (χ0v) is 2.29. The summed E-state index contributed by atoms with van der Waals surface area (Å²) < 4.78 is 0. The Morgan fingerprint density at radius 1 is 1.80 bits per heavy atom. The van der Waals surface area contributed by atoms with Crippen LogP contribution in [0.2, 0.25) is 0 Å². The fourth-order valence-corrected chi connectivity index (χ4v) is 0.0200. The maximum absolute atomic E-state index is 7.31. The van der Waals surface area contributed by atoms with E-state index in [2.05, 4.69) is 15.2 Å². The van der Waals surface area contributed by atoms with Crippen LogP contribution in [0.5, 0.6) is 0 Å². The van der Waals surface area contributed by atoms with Crippen molar-refractivity contribution in [3.05, 3.63) is 5.08 Å². The highest BCUT2D eigenvalue weighted by Crippen LogP contribution is 1.50. The third-order valence-corrected chi connectivity index (χ3v) is 0.0847. The van der Waals surface area contributed by atoms with Crippen molar-refractivity contribution in [2.45, 2.75) is 0 Å². The zero-order chi connectivity index (χ0) is 4.12. The molecule has 0 aliphatic heterocycles. The molecule has 0 bridgehead atoms. The molecule has 0 rings (SSSR count). The first-order valence-electron chi connectivity index (χ1n) is 0.824. The molecule has 5 nitrogen and oxygen atoms in total. The van der Waals surface area contributed by atoms with Crippen molar-refractivity contribution in [2.75, 3.05) is 0 Å². The summed E-state index contributed by atoms with van der Waals surface area (Å²) in [7, 11) is 0. The van der Waals surface area contributed by atoms with Gasteiger partial charge in [-0.15, -0.1) is 0 Å². The van der Waals surface area contributed by atoms with E-state index in [-0.39, 0.29) is 0 Å². The maximum atomic E-state index is 7.31. The molecule has 0 heterocycles. The Balaban J connectivity index is 3.46. The van der Waals surface area contributed by atoms with Gasteiger partial charge in [0.1, 0.15) is 5.53 Å². The van der Waals surface area contributed by atoms with E-state index in [1.54, 1.807) is 0 Å². The summed E-state index contributed by atoms with van der Waals surface area (Å²) in [5, 5.41) is 11.9. The van der Waals surface area contributed by atoms with Gasteiger partial charge in [-0.2, -0.15) is 0 Å². The zero-order valence-electron chi connectivity index (χ0n) is 2.29. The summed E-state index contributed by atoms with van der Waals surface area (Å²) in [5.41, 5.74) is 5.81. The maximum Gasteiger partial charge on any atom is 0.609 e. The highest BCUT2D eigenvalue weighted by Gasteiger charge is 1.84. The predicted molar refractivity (Wildman–Crippen MR) is 12.4 cm³/mol. The molecule has 5 heavy (non-hydrogen) atoms. The molecule has 1 N–H and O–H groups in total. The molecule has 5 heteroatoms. The largest absolute Gasteiger partial charge is 0.609 e. The van der Waals surface area contributed by atoms with Crippen LogP contribution in [0.15, 0.2) is 5.22 Å². The number of diazo groups is 1. The van der Waals surface area contributed by atoms with Gasteiger partial charge < -0.3 is 0 Å². The molecule has 0 aromatic heterocycles. The fourth-order valence-electron chi connectivity index (χ4n) is 0.0200. The minimum absolute atomic E-state index is 2.12. The molecule has 0 aromatic rings. The van der Waals surface area contributed by atoms with E-state index in [1.807, 2.05) is 0 Å². The number of rotatable bonds is 0. The second-order valence-electron chi connectivity index (χ2n) is 0.279. The smallest absolute Gasteiger partial charge is 0.110 e. The molecule has 0 saturated heterocycles. The topological polar surface area (TPSA) is 78.5 Å². The molecule has 0 saturated carbocycles. The predicted octanol–water partition coefficient (Wildman–Crippen LogP) is 0.305. The summed E-state index contributed by atoms with van der Waals surface area (Å²) in [6.45, 7) is 0. The van der Waals surface area contributed by atoms with Crippen molar-refractivity contribution in [1.29, 1.82) is 10.9 Å². The van der Waals surface area contributed by atoms with Gasteiger partial charge in [0, 0.05) is 0 Å². The highest BCUT2D eigenvalue weighted by atomic mass is 15.4. The highest BCUT2D eigenvalue weighted by molar-refractivity contribution is 4.17. The van der Waals surface area contributed by atoms with Crippen molar-refractivity contribution >= 4 is 0 Å². The number of nitrogens with one attached hydrogen (secondary N) is 1. The molecule has 0 unspecified atom stereocenters. The van der Waals surface area contributed by atoms with E-state index >= 15 is 0 Å². The van der Waals surface area contributed by atoms with Crippen molar-refractivity contribution < 1.29 is 0 Å². The summed E-state index contributed by atoms with van der Waals surface area (Å²) in [5.74, 6) is 0. The summed E-state index contributed by atoms with van der Waals surface area (Å²) in [4.78, 5) is 2.31. The van der Waals surface area contributed by atoms with E-state index in [9.17, 15) is 0 Å². The van der Waals surface area contributed by atoms with Gasteiger partial charge in [-0.3, -0.25) is 0 Å². The molecule has 0 radical (unpaired) electrons. The Morgan fingerprint density at radius 3 is 2.40 bits per heavy atom. The first-order valence-corrected chi connectivity index (χ1v) is 0.824. The van der Waals surface area contributed by atoms with Crippen molar-refractivity contribution in [2.24, 2.45) is 5.22 Å². The minimum atomic E-state index is 2.12. The van der Waals surface area contributed by atoms with Crippen LogP contribution in [0.25, 0.3) is 5.08 Å². The molecule has 0 aliphatic rings. The summed E-state index contributed by atoms with van der Waals surface area (Å²) >= 11 is 0. The average Bonchev–Trinajstić information content (AvgIpc) is 1.41. The number of hydrogen-bond donors (Lipinski definition) is 1. The molecule has 0 spiro atoms. The Hall–Kier alpha value is -1.27. The Bertz CT molecular complexity index is 87.1. The Morgan fingerprint density at radius 2 is 2.40 bits per heavy atom. The van der Waals surface area contributed by atoms with Crippen molar-refractivity contribution in [3.63, 3.8) is 0 Å². The first kappa shape index (κ1) is 3.73. The third-order valence-electron chi connectivity index (χ3n) is 0.0847. The van der Waals surface area contributed by atoms with Crippen LogP contribution in [0.1, 0.15) is 0 Å². The lowest BCUT2D eigenvalue weighted by Gasteiger charge is -0.946. The van der Waals surface area contributed by atoms with Crippen LogP contribution in [-0.2, 0) is 0 Å². The molecule has 0 aromatic carbocycles. The molecule has 0 fully saturated rings. The van der Waals surface area contributed by atoms with Gasteiger partial charge in [0.05, 0.1) is 0 Å². The van der Waals surface area contributed by atoms with E-state index < -0.39 is 0 Å². The normalized spacial score (nSPS) is 3.80. The monoisotopic (exact) mass is 71.0 g/mol. The number of hydrogen-bond acceptors (Lipinski definition) is 3. The lowest BCUT2D eigenvalue weighted by atomic mass is 12.6. The van der Waals surface area contributed by atoms with Gasteiger partial charge in [0.25, 0.3) is 5.39 Å². The fraction of sp³-hybridized carbons (Fsp3) is 0. The molecular formula is HN5+2. The van der Waals surface area contributed by atoms with Crippen LogP contribution < -0.4 is 4.91 Å². The molecule has 0 amide bonds. The summed E-state index contributed by atoms with van der Waals surface area (Å²) in [6, 6.07) is 0. The van der Waals surface area contributed by atoms with Crippen LogP contribution in [0.4, 0.5) is 0 Å². The van der Waals surface area contributed by atoms with Crippen LogP contribution in [-0.4, -0.2) is 0 Å². The van der Waals surface area contributed by atoms with Crippen LogP contribution in [0, 0.1) is 10.9 Å². The third kappa shape index (κ3) is 2.73. The van der Waals surface area contributed by atoms with Gasteiger partial charge in [-0.1, -0.05) is 0 Å². The van der Waals surface area contributed by atoms with E-state index in [0.717, 1.165) is 0 Å². The van der Waals surface area contributed by atoms with Crippen molar-refractivity contribution in [1.82, 2.24) is 4.91 Å². The van der Waals surface area contributed by atoms with Gasteiger partial charge in [-0.05, 0) is 0 Å². The Labute approximate surface area is 27.4 Å².